The summed E-state index contributed by atoms with van der Waals surface area (Å²) in [5.74, 6) is 0. The van der Waals surface area contributed by atoms with Crippen LogP contribution in [0.15, 0.2) is 447 Å². The van der Waals surface area contributed by atoms with E-state index >= 15 is 0 Å². The zero-order chi connectivity index (χ0) is 79.6. The molecule has 20 aromatic carbocycles. The van der Waals surface area contributed by atoms with Gasteiger partial charge in [0.2, 0.25) is 0 Å². The molecular formula is C115H75N4SSi. The molecule has 2 aliphatic heterocycles. The minimum Gasteiger partial charge on any atom is -0.310 e. The second-order valence-corrected chi connectivity index (χ2v) is 36.1. The van der Waals surface area contributed by atoms with E-state index in [9.17, 15) is 0 Å². The molecule has 2 aromatic heterocycles. The molecule has 2 aliphatic carbocycles. The molecule has 121 heavy (non-hydrogen) atoms. The Morgan fingerprint density at radius 3 is 1.13 bits per heavy atom. The van der Waals surface area contributed by atoms with Crippen LogP contribution in [0.3, 0.4) is 0 Å². The molecule has 6 heteroatoms. The molecule has 4 aliphatic rings. The molecular weight excluding hydrogens is 1500 g/mol. The summed E-state index contributed by atoms with van der Waals surface area (Å²) in [6.07, 6.45) is 0. The van der Waals surface area contributed by atoms with Crippen molar-refractivity contribution in [1.29, 1.82) is 0 Å². The maximum atomic E-state index is 2.55. The van der Waals surface area contributed by atoms with E-state index in [0.717, 1.165) is 45.5 Å². The largest absolute Gasteiger partial charge is 0.310 e. The van der Waals surface area contributed by atoms with Gasteiger partial charge in [-0.2, -0.15) is 0 Å². The molecule has 565 valence electrons. The average molecular weight is 1570 g/mol. The van der Waals surface area contributed by atoms with E-state index in [1.165, 1.54) is 174 Å². The van der Waals surface area contributed by atoms with Gasteiger partial charge in [-0.05, 0) is 230 Å². The minimum absolute atomic E-state index is 0.470. The summed E-state index contributed by atoms with van der Waals surface area (Å²) in [6.45, 7) is 2.51. The first kappa shape index (κ1) is 69.3. The number of rotatable bonds is 8. The molecule has 0 amide bonds. The first-order valence-corrected chi connectivity index (χ1v) is 44.8. The van der Waals surface area contributed by atoms with Gasteiger partial charge in [-0.25, -0.2) is 0 Å². The third-order valence-electron chi connectivity index (χ3n) is 26.6. The van der Waals surface area contributed by atoms with Crippen molar-refractivity contribution in [2.24, 2.45) is 0 Å². The molecule has 22 aromatic rings. The fraction of sp³-hybridized carbons (Fsp3) is 0.0261. The topological polar surface area (TPSA) is 16.3 Å². The number of para-hydroxylation sites is 4. The monoisotopic (exact) mass is 1570 g/mol. The van der Waals surface area contributed by atoms with Crippen molar-refractivity contribution < 1.29 is 0 Å². The van der Waals surface area contributed by atoms with Crippen molar-refractivity contribution in [3.63, 3.8) is 0 Å². The third-order valence-corrected chi connectivity index (χ3v) is 30.2. The number of fused-ring (bicyclic) bond motifs is 24. The number of nitrogens with zero attached hydrogens (tertiary/aromatic N) is 4. The zero-order valence-corrected chi connectivity index (χ0v) is 68.1. The lowest BCUT2D eigenvalue weighted by Crippen LogP contribution is -2.56. The van der Waals surface area contributed by atoms with Gasteiger partial charge >= 0.3 is 0 Å². The lowest BCUT2D eigenvalue weighted by atomic mass is 9.59. The summed E-state index contributed by atoms with van der Waals surface area (Å²) >= 11 is 1.89. The molecule has 0 saturated heterocycles. The fourth-order valence-corrected chi connectivity index (χ4v) is 25.2. The van der Waals surface area contributed by atoms with Gasteiger partial charge in [0.25, 0.3) is 0 Å². The summed E-state index contributed by atoms with van der Waals surface area (Å²) in [5.41, 5.74) is 29.1. The zero-order valence-electron chi connectivity index (χ0n) is 66.3. The Morgan fingerprint density at radius 1 is 0.223 bits per heavy atom. The minimum atomic E-state index is -1.20. The smallest absolute Gasteiger partial charge is 0.119 e. The van der Waals surface area contributed by atoms with E-state index in [1.54, 1.807) is 0 Å². The van der Waals surface area contributed by atoms with Gasteiger partial charge in [0.05, 0.1) is 32.9 Å². The summed E-state index contributed by atoms with van der Waals surface area (Å²) < 4.78 is 4.83. The quantitative estimate of drug-likeness (QED) is 0.141. The predicted octanol–water partition coefficient (Wildman–Crippen LogP) is 28.9. The number of hydrogen-bond acceptors (Lipinski definition) is 3. The predicted molar refractivity (Wildman–Crippen MR) is 511 cm³/mol. The Kier molecular flexibility index (Phi) is 15.5. The molecule has 0 N–H and O–H groups in total. The van der Waals surface area contributed by atoms with Crippen LogP contribution in [0.1, 0.15) is 44.5 Å². The van der Waals surface area contributed by atoms with Gasteiger partial charge in [-0.3, -0.25) is 0 Å². The highest BCUT2D eigenvalue weighted by Crippen LogP contribution is 2.63. The Balaban J connectivity index is 0.000000134. The fourth-order valence-electron chi connectivity index (χ4n) is 21.6. The van der Waals surface area contributed by atoms with E-state index in [0.29, 0.717) is 0 Å². The number of aromatic nitrogens is 2. The van der Waals surface area contributed by atoms with Crippen LogP contribution < -0.4 is 20.2 Å². The summed E-state index contributed by atoms with van der Waals surface area (Å²) in [5, 5.41) is 18.1. The van der Waals surface area contributed by atoms with E-state index < -0.39 is 19.6 Å². The van der Waals surface area contributed by atoms with Gasteiger partial charge in [0.1, 0.15) is 8.80 Å². The van der Waals surface area contributed by atoms with Crippen LogP contribution in [0.4, 0.5) is 34.1 Å². The molecule has 4 heterocycles. The van der Waals surface area contributed by atoms with Crippen molar-refractivity contribution in [2.45, 2.75) is 27.2 Å². The Morgan fingerprint density at radius 2 is 0.579 bits per heavy atom. The first-order chi connectivity index (χ1) is 59.9. The third kappa shape index (κ3) is 10.2. The standard InChI is InChI=1S/C58H39N2Si.C57H36N2S/c1-61-55-28-12-10-25-50(55)58(49-24-9-7-21-45(49)48-23-13-17-39-18-14-26-52(58)57(39)48)51-34-32-44(37-56(51)61)59(42-30-29-38-15-5-6-16-40(38)35-42)43-31-33-47-46-22-8-11-27-53(46)60(54(47)36-43)41-19-3-2-4-20-41;1-2-18-40(19-3-1)59-52-26-10-7-21-45(52)46-32-30-42(35-53(46)59)58(41-29-28-37-14-4-5-15-39(37)34-41)43-31-33-50-55(36-43)60-54-27-11-9-24-49(54)57(50)48-23-8-6-20-44(48)47-22-12-16-38-17-13-25-51(57)56(38)47/h2-37H,1H3;1-36H. The van der Waals surface area contributed by atoms with Crippen molar-refractivity contribution in [3.8, 4) is 33.6 Å². The van der Waals surface area contributed by atoms with Gasteiger partial charge in [0, 0.05) is 76.8 Å². The molecule has 26 rings (SSSR count). The summed E-state index contributed by atoms with van der Waals surface area (Å²) in [7, 11) is -1.20. The van der Waals surface area contributed by atoms with E-state index in [2.05, 4.69) is 462 Å². The SMILES string of the molecule is C[Si]1c2ccccc2C2(c3ccccc3-c3cccc4cccc2c34)c2ccc(N(c3ccc4ccccc4c3)c3ccc4c5ccccc5n(-c5ccccc5)c4c3)cc21.c1ccc(-n2c3ccccc3c3ccc(N(c4ccc5c(c4)Sc4ccccc4C54c5ccccc5-c5cccc6cccc4c56)c4ccc5ccccc5c4)cc32)cc1. The Labute approximate surface area is 707 Å². The highest BCUT2D eigenvalue weighted by molar-refractivity contribution is 7.99. The van der Waals surface area contributed by atoms with Crippen LogP contribution in [-0.4, -0.2) is 17.9 Å². The maximum Gasteiger partial charge on any atom is 0.119 e. The highest BCUT2D eigenvalue weighted by atomic mass is 32.2. The van der Waals surface area contributed by atoms with Crippen molar-refractivity contribution in [1.82, 2.24) is 9.13 Å². The molecule has 0 saturated carbocycles. The molecule has 0 bridgehead atoms. The maximum absolute atomic E-state index is 2.55. The number of anilines is 6. The second-order valence-electron chi connectivity index (χ2n) is 32.7. The molecule has 1 radical (unpaired) electrons. The summed E-state index contributed by atoms with van der Waals surface area (Å²) in [4.78, 5) is 7.51. The average Bonchev–Trinajstić information content (AvgIpc) is 1.44. The van der Waals surface area contributed by atoms with Crippen LogP contribution in [0, 0.1) is 0 Å². The van der Waals surface area contributed by atoms with Crippen LogP contribution in [0.5, 0.6) is 0 Å². The normalized spacial score (nSPS) is 15.1. The van der Waals surface area contributed by atoms with E-state index in [-0.39, 0.29) is 0 Å². The first-order valence-electron chi connectivity index (χ1n) is 41.9. The van der Waals surface area contributed by atoms with Crippen molar-refractivity contribution in [2.75, 3.05) is 9.80 Å². The van der Waals surface area contributed by atoms with Crippen LogP contribution in [0.2, 0.25) is 6.55 Å². The molecule has 2 atom stereocenters. The van der Waals surface area contributed by atoms with Gasteiger partial charge in [0.15, 0.2) is 0 Å². The van der Waals surface area contributed by atoms with Crippen LogP contribution in [-0.2, 0) is 10.8 Å². The van der Waals surface area contributed by atoms with Gasteiger partial charge in [-0.1, -0.05) is 345 Å². The second kappa shape index (κ2) is 27.1. The van der Waals surface area contributed by atoms with Crippen LogP contribution in [0.25, 0.3) is 120 Å². The van der Waals surface area contributed by atoms with Crippen LogP contribution >= 0.6 is 11.8 Å². The van der Waals surface area contributed by atoms with E-state index in [4.69, 9.17) is 0 Å². The van der Waals surface area contributed by atoms with E-state index in [1.807, 2.05) is 11.8 Å². The lowest BCUT2D eigenvalue weighted by molar-refractivity contribution is 0.707. The number of benzene rings is 20. The summed E-state index contributed by atoms with van der Waals surface area (Å²) in [6, 6.07) is 163. The molecule has 2 unspecified atom stereocenters. The Hall–Kier alpha value is -14.8. The number of hydrogen-bond donors (Lipinski definition) is 0. The van der Waals surface area contributed by atoms with Gasteiger partial charge < -0.3 is 18.9 Å². The van der Waals surface area contributed by atoms with Gasteiger partial charge in [-0.15, -0.1) is 0 Å². The highest BCUT2D eigenvalue weighted by Gasteiger charge is 2.51. The van der Waals surface area contributed by atoms with Crippen molar-refractivity contribution >= 4 is 152 Å². The van der Waals surface area contributed by atoms with Crippen molar-refractivity contribution in [3.05, 3.63) is 481 Å². The lowest BCUT2D eigenvalue weighted by Gasteiger charge is -2.47. The molecule has 0 fully saturated rings. The molecule has 4 nitrogen and oxygen atoms in total. The molecule has 2 spiro atoms. The Bertz CT molecular complexity index is 8070.